The van der Waals surface area contributed by atoms with Crippen LogP contribution in [0.4, 0.5) is 5.69 Å². The summed E-state index contributed by atoms with van der Waals surface area (Å²) in [6.07, 6.45) is 5.37. The van der Waals surface area contributed by atoms with Gasteiger partial charge >= 0.3 is 0 Å². The smallest absolute Gasteiger partial charge is 0.253 e. The van der Waals surface area contributed by atoms with Gasteiger partial charge in [0.2, 0.25) is 5.91 Å². The van der Waals surface area contributed by atoms with E-state index in [9.17, 15) is 9.59 Å². The molecule has 0 N–H and O–H groups in total. The van der Waals surface area contributed by atoms with E-state index in [1.165, 1.54) is 24.0 Å². The summed E-state index contributed by atoms with van der Waals surface area (Å²) in [5.41, 5.74) is 4.36. The van der Waals surface area contributed by atoms with Gasteiger partial charge in [-0.2, -0.15) is 0 Å². The fourth-order valence-electron chi connectivity index (χ4n) is 4.25. The Morgan fingerprint density at radius 2 is 1.74 bits per heavy atom. The monoisotopic (exact) mass is 362 g/mol. The number of anilines is 1. The van der Waals surface area contributed by atoms with Crippen LogP contribution in [0.1, 0.15) is 40.7 Å². The molecule has 27 heavy (non-hydrogen) atoms. The van der Waals surface area contributed by atoms with E-state index < -0.39 is 0 Å². The highest BCUT2D eigenvalue weighted by Gasteiger charge is 2.33. The molecule has 4 heteroatoms. The molecule has 1 aliphatic heterocycles. The van der Waals surface area contributed by atoms with Crippen molar-refractivity contribution >= 4 is 17.5 Å². The van der Waals surface area contributed by atoms with Crippen molar-refractivity contribution in [2.24, 2.45) is 5.92 Å². The van der Waals surface area contributed by atoms with Gasteiger partial charge in [0.15, 0.2) is 0 Å². The van der Waals surface area contributed by atoms with E-state index in [0.717, 1.165) is 30.5 Å². The first-order valence-corrected chi connectivity index (χ1v) is 9.87. The third-order valence-electron chi connectivity index (χ3n) is 5.89. The Morgan fingerprint density at radius 3 is 2.52 bits per heavy atom. The Balaban J connectivity index is 1.43. The lowest BCUT2D eigenvalue weighted by atomic mass is 9.90. The summed E-state index contributed by atoms with van der Waals surface area (Å²) < 4.78 is 0. The Hall–Kier alpha value is -2.62. The normalized spacial score (nSPS) is 18.9. The first-order valence-electron chi connectivity index (χ1n) is 9.87. The highest BCUT2D eigenvalue weighted by molar-refractivity contribution is 5.97. The van der Waals surface area contributed by atoms with Crippen LogP contribution in [0, 0.1) is 5.92 Å². The molecule has 2 aromatic carbocycles. The Morgan fingerprint density at radius 1 is 1.00 bits per heavy atom. The second kappa shape index (κ2) is 7.55. The van der Waals surface area contributed by atoms with Crippen molar-refractivity contribution in [1.82, 2.24) is 4.90 Å². The number of rotatable bonds is 3. The third-order valence-corrected chi connectivity index (χ3v) is 5.89. The highest BCUT2D eigenvalue weighted by atomic mass is 16.2. The molecule has 0 bridgehead atoms. The lowest BCUT2D eigenvalue weighted by Gasteiger charge is -2.22. The van der Waals surface area contributed by atoms with Crippen molar-refractivity contribution in [3.05, 3.63) is 65.2 Å². The van der Waals surface area contributed by atoms with Gasteiger partial charge in [0, 0.05) is 31.4 Å². The Labute approximate surface area is 160 Å². The van der Waals surface area contributed by atoms with Gasteiger partial charge in [0.1, 0.15) is 0 Å². The predicted octanol–water partition coefficient (Wildman–Crippen LogP) is 3.69. The molecule has 140 valence electrons. The van der Waals surface area contributed by atoms with Crippen LogP contribution in [-0.4, -0.2) is 36.9 Å². The quantitative estimate of drug-likeness (QED) is 0.835. The molecule has 2 amide bonds. The maximum Gasteiger partial charge on any atom is 0.253 e. The molecule has 1 unspecified atom stereocenters. The van der Waals surface area contributed by atoms with Gasteiger partial charge in [-0.05, 0) is 67.5 Å². The van der Waals surface area contributed by atoms with Gasteiger partial charge in [-0.3, -0.25) is 9.59 Å². The number of hydrogen-bond donors (Lipinski definition) is 0. The molecule has 0 saturated carbocycles. The minimum Gasteiger partial charge on any atom is -0.338 e. The summed E-state index contributed by atoms with van der Waals surface area (Å²) in [5.74, 6) is 0.0137. The van der Waals surface area contributed by atoms with E-state index >= 15 is 0 Å². The Bertz CT molecular complexity index is 847. The minimum atomic E-state index is -0.128. The summed E-state index contributed by atoms with van der Waals surface area (Å²) in [4.78, 5) is 29.3. The number of benzene rings is 2. The van der Waals surface area contributed by atoms with Crippen LogP contribution >= 0.6 is 0 Å². The topological polar surface area (TPSA) is 40.6 Å². The number of carbonyl (C=O) groups is 2. The van der Waals surface area contributed by atoms with Crippen LogP contribution < -0.4 is 4.90 Å². The molecule has 1 aliphatic carbocycles. The van der Waals surface area contributed by atoms with Crippen LogP contribution in [-0.2, 0) is 17.6 Å². The molecule has 1 saturated heterocycles. The fraction of sp³-hybridized carbons (Fsp3) is 0.391. The van der Waals surface area contributed by atoms with E-state index in [2.05, 4.69) is 12.1 Å². The van der Waals surface area contributed by atoms with Crippen molar-refractivity contribution in [2.45, 2.75) is 32.1 Å². The van der Waals surface area contributed by atoms with Crippen LogP contribution in [0.25, 0.3) is 0 Å². The van der Waals surface area contributed by atoms with Crippen molar-refractivity contribution in [3.8, 4) is 0 Å². The van der Waals surface area contributed by atoms with Crippen molar-refractivity contribution in [3.63, 3.8) is 0 Å². The third kappa shape index (κ3) is 3.61. The molecule has 0 radical (unpaired) electrons. The summed E-state index contributed by atoms with van der Waals surface area (Å²) in [6.45, 7) is 1.15. The molecule has 4 rings (SSSR count). The first-order chi connectivity index (χ1) is 13.1. The summed E-state index contributed by atoms with van der Waals surface area (Å²) >= 11 is 0. The van der Waals surface area contributed by atoms with Crippen LogP contribution in [0.3, 0.4) is 0 Å². The Kier molecular flexibility index (Phi) is 4.97. The van der Waals surface area contributed by atoms with Gasteiger partial charge in [0.25, 0.3) is 5.91 Å². The highest BCUT2D eigenvalue weighted by Crippen LogP contribution is 2.26. The second-order valence-electron chi connectivity index (χ2n) is 7.66. The van der Waals surface area contributed by atoms with Crippen molar-refractivity contribution < 1.29 is 9.59 Å². The van der Waals surface area contributed by atoms with Crippen LogP contribution in [0.5, 0.6) is 0 Å². The molecule has 1 atom stereocenters. The molecule has 0 aromatic heterocycles. The van der Waals surface area contributed by atoms with Crippen LogP contribution in [0.2, 0.25) is 0 Å². The number of hydrogen-bond acceptors (Lipinski definition) is 2. The standard InChI is InChI=1S/C23H26N2O2/c1-24(21-9-3-2-4-10-21)22(26)20-13-14-25(16-20)23(27)19-12-11-17-7-5-6-8-18(17)15-19/h2-4,9-12,15,20H,5-8,13-14,16H2,1H3. The zero-order valence-electron chi connectivity index (χ0n) is 15.9. The number of carbonyl (C=O) groups excluding carboxylic acids is 2. The summed E-state index contributed by atoms with van der Waals surface area (Å²) in [6, 6.07) is 15.8. The van der Waals surface area contributed by atoms with E-state index in [1.807, 2.05) is 48.3 Å². The largest absolute Gasteiger partial charge is 0.338 e. The molecule has 2 aromatic rings. The number of aryl methyl sites for hydroxylation is 2. The predicted molar refractivity (Wildman–Crippen MR) is 107 cm³/mol. The zero-order chi connectivity index (χ0) is 18.8. The van der Waals surface area contributed by atoms with Gasteiger partial charge in [-0.1, -0.05) is 24.3 Å². The van der Waals surface area contributed by atoms with Crippen LogP contribution in [0.15, 0.2) is 48.5 Å². The maximum atomic E-state index is 12.9. The molecular weight excluding hydrogens is 336 g/mol. The van der Waals surface area contributed by atoms with Crippen molar-refractivity contribution in [1.29, 1.82) is 0 Å². The second-order valence-corrected chi connectivity index (χ2v) is 7.66. The molecule has 1 heterocycles. The molecule has 1 fully saturated rings. The number of para-hydroxylation sites is 1. The number of likely N-dealkylation sites (tertiary alicyclic amines) is 1. The molecule has 4 nitrogen and oxygen atoms in total. The number of amides is 2. The van der Waals surface area contributed by atoms with E-state index in [1.54, 1.807) is 4.90 Å². The fourth-order valence-corrected chi connectivity index (χ4v) is 4.25. The molecular formula is C23H26N2O2. The average Bonchev–Trinajstić information content (AvgIpc) is 3.22. The van der Waals surface area contributed by atoms with E-state index in [0.29, 0.717) is 13.1 Å². The molecule has 0 spiro atoms. The van der Waals surface area contributed by atoms with E-state index in [-0.39, 0.29) is 17.7 Å². The number of nitrogens with zero attached hydrogens (tertiary/aromatic N) is 2. The van der Waals surface area contributed by atoms with Gasteiger partial charge in [0.05, 0.1) is 5.92 Å². The number of fused-ring (bicyclic) bond motifs is 1. The van der Waals surface area contributed by atoms with Crippen molar-refractivity contribution in [2.75, 3.05) is 25.0 Å². The zero-order valence-corrected chi connectivity index (χ0v) is 15.9. The SMILES string of the molecule is CN(C(=O)C1CCN(C(=O)c2ccc3c(c2)CCCC3)C1)c1ccccc1. The molecule has 2 aliphatic rings. The van der Waals surface area contributed by atoms with Gasteiger partial charge < -0.3 is 9.80 Å². The average molecular weight is 362 g/mol. The lowest BCUT2D eigenvalue weighted by Crippen LogP contribution is -2.36. The first kappa shape index (κ1) is 17.8. The van der Waals surface area contributed by atoms with Gasteiger partial charge in [-0.15, -0.1) is 0 Å². The maximum absolute atomic E-state index is 12.9. The summed E-state index contributed by atoms with van der Waals surface area (Å²) in [5, 5.41) is 0. The minimum absolute atomic E-state index is 0.0565. The summed E-state index contributed by atoms with van der Waals surface area (Å²) in [7, 11) is 1.81. The lowest BCUT2D eigenvalue weighted by molar-refractivity contribution is -0.121. The van der Waals surface area contributed by atoms with E-state index in [4.69, 9.17) is 0 Å². The van der Waals surface area contributed by atoms with Gasteiger partial charge in [-0.25, -0.2) is 0 Å².